The predicted molar refractivity (Wildman–Crippen MR) is 78.7 cm³/mol. The zero-order valence-corrected chi connectivity index (χ0v) is 12.1. The lowest BCUT2D eigenvalue weighted by Crippen LogP contribution is -2.41. The lowest BCUT2D eigenvalue weighted by molar-refractivity contribution is -0.127. The molecule has 1 aromatic rings. The number of ether oxygens (including phenoxy) is 2. The van der Waals surface area contributed by atoms with Crippen LogP contribution in [0.5, 0.6) is 5.75 Å². The fourth-order valence-corrected chi connectivity index (χ4v) is 3.19. The molecular formula is C17H20O4. The molecule has 1 fully saturated rings. The van der Waals surface area contributed by atoms with Gasteiger partial charge >= 0.3 is 0 Å². The van der Waals surface area contributed by atoms with Crippen molar-refractivity contribution in [3.8, 4) is 5.75 Å². The van der Waals surface area contributed by atoms with Gasteiger partial charge in [0.1, 0.15) is 11.9 Å². The molecule has 0 radical (unpaired) electrons. The molecule has 21 heavy (non-hydrogen) atoms. The molecule has 2 aliphatic rings. The Morgan fingerprint density at radius 3 is 2.76 bits per heavy atom. The first-order chi connectivity index (χ1) is 10.2. The van der Waals surface area contributed by atoms with E-state index < -0.39 is 0 Å². The third kappa shape index (κ3) is 2.81. The van der Waals surface area contributed by atoms with E-state index in [-0.39, 0.29) is 29.7 Å². The summed E-state index contributed by atoms with van der Waals surface area (Å²) < 4.78 is 11.5. The highest BCUT2D eigenvalue weighted by molar-refractivity contribution is 6.22. The van der Waals surface area contributed by atoms with Gasteiger partial charge in [-0.2, -0.15) is 0 Å². The molecule has 0 bridgehead atoms. The summed E-state index contributed by atoms with van der Waals surface area (Å²) in [4.78, 5) is 12.7. The molecule has 1 saturated carbocycles. The van der Waals surface area contributed by atoms with Crippen LogP contribution < -0.4 is 0 Å². The fourth-order valence-electron chi connectivity index (χ4n) is 3.19. The first-order valence-corrected chi connectivity index (χ1v) is 7.50. The number of aromatic hydroxyl groups is 1. The first kappa shape index (κ1) is 14.1. The minimum Gasteiger partial charge on any atom is -0.508 e. The number of hydrogen-bond acceptors (Lipinski definition) is 4. The fraction of sp³-hybridized carbons (Fsp3) is 0.471. The number of phenols is 1. The average Bonchev–Trinajstić information content (AvgIpc) is 2.49. The minimum atomic E-state index is -0.0736. The number of phenolic OH excluding ortho intramolecular Hbond substituents is 1. The molecule has 0 aromatic heterocycles. The van der Waals surface area contributed by atoms with Crippen LogP contribution in [0.15, 0.2) is 30.5 Å². The highest BCUT2D eigenvalue weighted by Gasteiger charge is 2.40. The van der Waals surface area contributed by atoms with Crippen molar-refractivity contribution in [2.45, 2.75) is 38.4 Å². The van der Waals surface area contributed by atoms with Crippen molar-refractivity contribution >= 4 is 11.4 Å². The average molecular weight is 288 g/mol. The molecule has 1 aliphatic heterocycles. The van der Waals surface area contributed by atoms with E-state index in [1.807, 2.05) is 6.92 Å². The Hall–Kier alpha value is -1.81. The van der Waals surface area contributed by atoms with Crippen molar-refractivity contribution in [1.82, 2.24) is 0 Å². The summed E-state index contributed by atoms with van der Waals surface area (Å²) >= 11 is 0. The second-order valence-corrected chi connectivity index (χ2v) is 5.61. The molecule has 1 N–H and O–H groups in total. The zero-order valence-electron chi connectivity index (χ0n) is 12.1. The Bertz CT molecular complexity index is 546. The van der Waals surface area contributed by atoms with Crippen molar-refractivity contribution in [3.05, 3.63) is 36.1 Å². The van der Waals surface area contributed by atoms with Gasteiger partial charge in [0.2, 0.25) is 0 Å². The van der Waals surface area contributed by atoms with Gasteiger partial charge in [-0.1, -0.05) is 12.1 Å². The van der Waals surface area contributed by atoms with E-state index in [2.05, 4.69) is 0 Å². The van der Waals surface area contributed by atoms with Crippen LogP contribution in [0.25, 0.3) is 5.57 Å². The van der Waals surface area contributed by atoms with Crippen LogP contribution in [0, 0.1) is 5.92 Å². The van der Waals surface area contributed by atoms with Gasteiger partial charge in [-0.05, 0) is 37.5 Å². The molecule has 3 unspecified atom stereocenters. The molecule has 4 heteroatoms. The summed E-state index contributed by atoms with van der Waals surface area (Å²) in [5.74, 6) is 0.265. The van der Waals surface area contributed by atoms with Gasteiger partial charge in [-0.25, -0.2) is 0 Å². The topological polar surface area (TPSA) is 55.8 Å². The van der Waals surface area contributed by atoms with Crippen LogP contribution >= 0.6 is 0 Å². The molecule has 1 heterocycles. The Morgan fingerprint density at radius 2 is 2.05 bits per heavy atom. The standard InChI is InChI=1S/C17H20O4/c1-2-20-13-7-8-14-16(9-13)21-10-15(17(14)19)11-3-5-12(18)6-4-11/h3-6,10,13-14,16,18H,2,7-9H2,1H3. The summed E-state index contributed by atoms with van der Waals surface area (Å²) in [6, 6.07) is 6.66. The van der Waals surface area contributed by atoms with Gasteiger partial charge in [-0.15, -0.1) is 0 Å². The summed E-state index contributed by atoms with van der Waals surface area (Å²) in [6.45, 7) is 2.69. The Labute approximate surface area is 124 Å². The molecule has 1 aliphatic carbocycles. The van der Waals surface area contributed by atoms with Crippen LogP contribution in [0.1, 0.15) is 31.7 Å². The van der Waals surface area contributed by atoms with E-state index in [4.69, 9.17) is 9.47 Å². The first-order valence-electron chi connectivity index (χ1n) is 7.50. The third-order valence-electron chi connectivity index (χ3n) is 4.29. The molecule has 3 rings (SSSR count). The van der Waals surface area contributed by atoms with Crippen molar-refractivity contribution in [2.75, 3.05) is 6.61 Å². The van der Waals surface area contributed by atoms with E-state index in [9.17, 15) is 9.90 Å². The number of Topliss-reactive ketones (excluding diaryl/α,β-unsaturated/α-hetero) is 1. The van der Waals surface area contributed by atoms with Crippen LogP contribution in [0.3, 0.4) is 0 Å². The monoisotopic (exact) mass is 288 g/mol. The molecule has 3 atom stereocenters. The number of carbonyl (C=O) groups excluding carboxylic acids is 1. The summed E-state index contributed by atoms with van der Waals surface area (Å²) in [7, 11) is 0. The van der Waals surface area contributed by atoms with Crippen molar-refractivity contribution in [3.63, 3.8) is 0 Å². The molecular weight excluding hydrogens is 268 g/mol. The minimum absolute atomic E-state index is 0.0661. The quantitative estimate of drug-likeness (QED) is 0.929. The van der Waals surface area contributed by atoms with E-state index in [0.717, 1.165) is 24.8 Å². The van der Waals surface area contributed by atoms with E-state index >= 15 is 0 Å². The number of allylic oxidation sites excluding steroid dienone is 1. The smallest absolute Gasteiger partial charge is 0.173 e. The number of rotatable bonds is 3. The lowest BCUT2D eigenvalue weighted by atomic mass is 9.78. The number of hydrogen-bond donors (Lipinski definition) is 1. The number of benzene rings is 1. The van der Waals surface area contributed by atoms with Gasteiger partial charge in [0.25, 0.3) is 0 Å². The number of fused-ring (bicyclic) bond motifs is 1. The normalized spacial score (nSPS) is 28.5. The van der Waals surface area contributed by atoms with Gasteiger partial charge in [0.15, 0.2) is 5.78 Å². The van der Waals surface area contributed by atoms with Crippen molar-refractivity contribution in [2.24, 2.45) is 5.92 Å². The molecule has 112 valence electrons. The Morgan fingerprint density at radius 1 is 1.29 bits per heavy atom. The molecule has 0 spiro atoms. The van der Waals surface area contributed by atoms with Crippen LogP contribution in [-0.4, -0.2) is 29.7 Å². The molecule has 4 nitrogen and oxygen atoms in total. The largest absolute Gasteiger partial charge is 0.508 e. The number of ketones is 1. The van der Waals surface area contributed by atoms with Crippen LogP contribution in [-0.2, 0) is 14.3 Å². The van der Waals surface area contributed by atoms with E-state index in [1.54, 1.807) is 30.5 Å². The molecule has 1 aromatic carbocycles. The van der Waals surface area contributed by atoms with Crippen molar-refractivity contribution < 1.29 is 19.4 Å². The highest BCUT2D eigenvalue weighted by atomic mass is 16.5. The van der Waals surface area contributed by atoms with E-state index in [1.165, 1.54) is 0 Å². The van der Waals surface area contributed by atoms with Gasteiger partial charge < -0.3 is 14.6 Å². The maximum absolute atomic E-state index is 12.7. The Balaban J connectivity index is 1.78. The summed E-state index contributed by atoms with van der Waals surface area (Å²) in [5, 5.41) is 9.34. The number of carbonyl (C=O) groups is 1. The predicted octanol–water partition coefficient (Wildman–Crippen LogP) is 2.91. The van der Waals surface area contributed by atoms with E-state index in [0.29, 0.717) is 12.2 Å². The van der Waals surface area contributed by atoms with Crippen LogP contribution in [0.4, 0.5) is 0 Å². The van der Waals surface area contributed by atoms with Gasteiger partial charge in [0.05, 0.1) is 23.9 Å². The highest BCUT2D eigenvalue weighted by Crippen LogP contribution is 2.37. The summed E-state index contributed by atoms with van der Waals surface area (Å²) in [6.07, 6.45) is 4.21. The zero-order chi connectivity index (χ0) is 14.8. The summed E-state index contributed by atoms with van der Waals surface area (Å²) in [5.41, 5.74) is 1.40. The lowest BCUT2D eigenvalue weighted by Gasteiger charge is -2.37. The van der Waals surface area contributed by atoms with Crippen LogP contribution in [0.2, 0.25) is 0 Å². The van der Waals surface area contributed by atoms with Crippen molar-refractivity contribution in [1.29, 1.82) is 0 Å². The second-order valence-electron chi connectivity index (χ2n) is 5.61. The molecule has 0 amide bonds. The maximum atomic E-state index is 12.7. The van der Waals surface area contributed by atoms with Gasteiger partial charge in [-0.3, -0.25) is 4.79 Å². The SMILES string of the molecule is CCOC1CCC2C(=O)C(c3ccc(O)cc3)=COC2C1. The maximum Gasteiger partial charge on any atom is 0.173 e. The Kier molecular flexibility index (Phi) is 3.97. The second kappa shape index (κ2) is 5.90. The third-order valence-corrected chi connectivity index (χ3v) is 4.29. The molecule has 0 saturated heterocycles. The van der Waals surface area contributed by atoms with Gasteiger partial charge in [0, 0.05) is 13.0 Å².